The average Bonchev–Trinajstić information content (AvgIpc) is 2.32. The summed E-state index contributed by atoms with van der Waals surface area (Å²) in [6.45, 7) is 4.05. The second-order valence-corrected chi connectivity index (χ2v) is 4.66. The SMILES string of the molecule is Fc1ccc(CN2CC3=NC(COC3)C2)cc1. The van der Waals surface area contributed by atoms with Crippen molar-refractivity contribution in [3.05, 3.63) is 35.6 Å². The molecule has 0 radical (unpaired) electrons. The summed E-state index contributed by atoms with van der Waals surface area (Å²) in [5, 5.41) is 0. The van der Waals surface area contributed by atoms with Crippen molar-refractivity contribution in [3.63, 3.8) is 0 Å². The third kappa shape index (κ3) is 2.53. The van der Waals surface area contributed by atoms with Crippen LogP contribution in [-0.4, -0.2) is 43.0 Å². The van der Waals surface area contributed by atoms with Crippen molar-refractivity contribution in [2.75, 3.05) is 26.3 Å². The number of nitrogens with zero attached hydrogens (tertiary/aromatic N) is 2. The van der Waals surface area contributed by atoms with Gasteiger partial charge in [-0.05, 0) is 17.7 Å². The fraction of sp³-hybridized carbons (Fsp3) is 0.462. The molecule has 3 rings (SSSR count). The number of rotatable bonds is 2. The lowest BCUT2D eigenvalue weighted by atomic mass is 10.1. The van der Waals surface area contributed by atoms with E-state index in [2.05, 4.69) is 9.89 Å². The van der Waals surface area contributed by atoms with Crippen LogP contribution in [0.15, 0.2) is 29.3 Å². The van der Waals surface area contributed by atoms with Gasteiger partial charge in [-0.1, -0.05) is 12.1 Å². The molecule has 2 bridgehead atoms. The first kappa shape index (κ1) is 10.9. The fourth-order valence-corrected chi connectivity index (χ4v) is 2.41. The summed E-state index contributed by atoms with van der Waals surface area (Å²) >= 11 is 0. The molecule has 17 heavy (non-hydrogen) atoms. The molecule has 0 N–H and O–H groups in total. The number of benzene rings is 1. The second-order valence-electron chi connectivity index (χ2n) is 4.66. The molecule has 4 heteroatoms. The van der Waals surface area contributed by atoms with Crippen LogP contribution in [0.2, 0.25) is 0 Å². The number of ether oxygens (including phenoxy) is 1. The van der Waals surface area contributed by atoms with Gasteiger partial charge < -0.3 is 4.74 Å². The molecule has 0 saturated heterocycles. The molecule has 0 saturated carbocycles. The van der Waals surface area contributed by atoms with Crippen molar-refractivity contribution in [3.8, 4) is 0 Å². The first-order chi connectivity index (χ1) is 8.29. The fourth-order valence-electron chi connectivity index (χ4n) is 2.41. The van der Waals surface area contributed by atoms with E-state index in [4.69, 9.17) is 4.74 Å². The van der Waals surface area contributed by atoms with E-state index in [1.807, 2.05) is 12.1 Å². The van der Waals surface area contributed by atoms with Crippen LogP contribution in [0.25, 0.3) is 0 Å². The van der Waals surface area contributed by atoms with Crippen molar-refractivity contribution < 1.29 is 9.13 Å². The summed E-state index contributed by atoms with van der Waals surface area (Å²) in [5.41, 5.74) is 2.28. The molecule has 3 nitrogen and oxygen atoms in total. The lowest BCUT2D eigenvalue weighted by Crippen LogP contribution is -2.46. The first-order valence-electron chi connectivity index (χ1n) is 5.90. The zero-order valence-corrected chi connectivity index (χ0v) is 9.60. The van der Waals surface area contributed by atoms with Crippen LogP contribution in [0.3, 0.4) is 0 Å². The van der Waals surface area contributed by atoms with Gasteiger partial charge >= 0.3 is 0 Å². The van der Waals surface area contributed by atoms with Crippen LogP contribution in [0.1, 0.15) is 5.56 Å². The van der Waals surface area contributed by atoms with Gasteiger partial charge in [-0.25, -0.2) is 4.39 Å². The molecule has 0 aromatic heterocycles. The maximum Gasteiger partial charge on any atom is 0.123 e. The zero-order valence-electron chi connectivity index (χ0n) is 9.60. The number of hydrogen-bond acceptors (Lipinski definition) is 3. The molecule has 2 aliphatic rings. The summed E-state index contributed by atoms with van der Waals surface area (Å²) < 4.78 is 18.2. The highest BCUT2D eigenvalue weighted by molar-refractivity contribution is 5.88. The number of hydrogen-bond donors (Lipinski definition) is 0. The Morgan fingerprint density at radius 3 is 2.94 bits per heavy atom. The van der Waals surface area contributed by atoms with E-state index in [1.165, 1.54) is 12.1 Å². The van der Waals surface area contributed by atoms with Gasteiger partial charge in [0, 0.05) is 19.6 Å². The molecule has 0 fully saturated rings. The minimum absolute atomic E-state index is 0.179. The van der Waals surface area contributed by atoms with Crippen LogP contribution in [0.5, 0.6) is 0 Å². The van der Waals surface area contributed by atoms with E-state index >= 15 is 0 Å². The Kier molecular flexibility index (Phi) is 2.91. The molecule has 0 amide bonds. The summed E-state index contributed by atoms with van der Waals surface area (Å²) in [5.74, 6) is -0.179. The highest BCUT2D eigenvalue weighted by Crippen LogP contribution is 2.14. The van der Waals surface area contributed by atoms with Gasteiger partial charge in [0.25, 0.3) is 0 Å². The summed E-state index contributed by atoms with van der Waals surface area (Å²) in [4.78, 5) is 6.93. The van der Waals surface area contributed by atoms with Crippen molar-refractivity contribution in [1.82, 2.24) is 4.90 Å². The monoisotopic (exact) mass is 234 g/mol. The van der Waals surface area contributed by atoms with Crippen LogP contribution in [0.4, 0.5) is 4.39 Å². The second kappa shape index (κ2) is 4.55. The van der Waals surface area contributed by atoms with Crippen LogP contribution in [-0.2, 0) is 11.3 Å². The molecular weight excluding hydrogens is 219 g/mol. The Bertz CT molecular complexity index is 430. The van der Waals surface area contributed by atoms with Gasteiger partial charge in [-0.2, -0.15) is 0 Å². The third-order valence-electron chi connectivity index (χ3n) is 3.14. The molecule has 90 valence electrons. The van der Waals surface area contributed by atoms with Crippen molar-refractivity contribution in [2.24, 2.45) is 4.99 Å². The molecule has 1 aromatic rings. The summed E-state index contributed by atoms with van der Waals surface area (Å²) in [7, 11) is 0. The zero-order chi connectivity index (χ0) is 11.7. The molecule has 0 spiro atoms. The van der Waals surface area contributed by atoms with Gasteiger partial charge in [0.1, 0.15) is 5.82 Å². The van der Waals surface area contributed by atoms with E-state index in [9.17, 15) is 4.39 Å². The quantitative estimate of drug-likeness (QED) is 0.774. The van der Waals surface area contributed by atoms with Gasteiger partial charge in [-0.15, -0.1) is 0 Å². The molecule has 1 atom stereocenters. The Labute approximate surface area is 99.9 Å². The summed E-state index contributed by atoms with van der Waals surface area (Å²) in [6.07, 6.45) is 0. The molecule has 1 unspecified atom stereocenters. The first-order valence-corrected chi connectivity index (χ1v) is 5.90. The predicted molar refractivity (Wildman–Crippen MR) is 63.7 cm³/mol. The van der Waals surface area contributed by atoms with Crippen molar-refractivity contribution in [2.45, 2.75) is 12.6 Å². The molecular formula is C13H15FN2O. The largest absolute Gasteiger partial charge is 0.373 e. The van der Waals surface area contributed by atoms with Gasteiger partial charge in [-0.3, -0.25) is 9.89 Å². The maximum atomic E-state index is 12.8. The molecule has 2 aliphatic heterocycles. The van der Waals surface area contributed by atoms with Gasteiger partial charge in [0.05, 0.1) is 25.0 Å². The smallest absolute Gasteiger partial charge is 0.123 e. The minimum Gasteiger partial charge on any atom is -0.373 e. The van der Waals surface area contributed by atoms with E-state index in [-0.39, 0.29) is 11.9 Å². The van der Waals surface area contributed by atoms with E-state index in [0.717, 1.165) is 37.5 Å². The average molecular weight is 234 g/mol. The number of halogens is 1. The van der Waals surface area contributed by atoms with Crippen LogP contribution >= 0.6 is 0 Å². The molecule has 1 aromatic carbocycles. The normalized spacial score (nSPS) is 24.5. The van der Waals surface area contributed by atoms with Crippen LogP contribution in [0, 0.1) is 5.82 Å². The highest BCUT2D eigenvalue weighted by Gasteiger charge is 2.25. The van der Waals surface area contributed by atoms with E-state index in [0.29, 0.717) is 6.61 Å². The highest BCUT2D eigenvalue weighted by atomic mass is 19.1. The van der Waals surface area contributed by atoms with Crippen molar-refractivity contribution in [1.29, 1.82) is 0 Å². The molecule has 2 heterocycles. The molecule has 0 aliphatic carbocycles. The van der Waals surface area contributed by atoms with Gasteiger partial charge in [0.15, 0.2) is 0 Å². The Morgan fingerprint density at radius 1 is 1.35 bits per heavy atom. The lowest BCUT2D eigenvalue weighted by molar-refractivity contribution is 0.107. The van der Waals surface area contributed by atoms with Crippen molar-refractivity contribution >= 4 is 5.71 Å². The minimum atomic E-state index is -0.179. The standard InChI is InChI=1S/C13H15FN2O/c14-11-3-1-10(2-4-11)5-16-6-12-8-17-9-13(7-16)15-12/h1-4,12H,5-9H2. The Hall–Kier alpha value is -1.26. The lowest BCUT2D eigenvalue weighted by Gasteiger charge is -2.34. The Morgan fingerprint density at radius 2 is 2.18 bits per heavy atom. The van der Waals surface area contributed by atoms with E-state index in [1.54, 1.807) is 0 Å². The summed E-state index contributed by atoms with van der Waals surface area (Å²) in [6, 6.07) is 7.00. The number of fused-ring (bicyclic) bond motifs is 1. The van der Waals surface area contributed by atoms with E-state index < -0.39 is 0 Å². The Balaban J connectivity index is 1.67. The number of aliphatic imine (C=N–C) groups is 1. The van der Waals surface area contributed by atoms with Gasteiger partial charge in [0.2, 0.25) is 0 Å². The van der Waals surface area contributed by atoms with Crippen LogP contribution < -0.4 is 0 Å². The topological polar surface area (TPSA) is 24.8 Å². The maximum absolute atomic E-state index is 12.8. The third-order valence-corrected chi connectivity index (χ3v) is 3.14. The predicted octanol–water partition coefficient (Wildman–Crippen LogP) is 1.48.